The van der Waals surface area contributed by atoms with E-state index in [-0.39, 0.29) is 0 Å². The highest BCUT2D eigenvalue weighted by atomic mass is 32.2. The maximum Gasteiger partial charge on any atom is 0.0781 e. The lowest BCUT2D eigenvalue weighted by atomic mass is 9.89. The summed E-state index contributed by atoms with van der Waals surface area (Å²) in [4.78, 5) is 0. The molecule has 5 rings (SSSR count). The third kappa shape index (κ3) is 18.6. The molecule has 5 aromatic rings. The number of rotatable bonds is 19. The van der Waals surface area contributed by atoms with E-state index < -0.39 is 0 Å². The van der Waals surface area contributed by atoms with Crippen LogP contribution < -0.4 is 0 Å². The zero-order chi connectivity index (χ0) is 41.5. The van der Waals surface area contributed by atoms with Crippen molar-refractivity contribution in [1.82, 2.24) is 0 Å². The second-order valence-corrected chi connectivity index (χ2v) is 21.8. The van der Waals surface area contributed by atoms with Crippen LogP contribution in [-0.4, -0.2) is 16.8 Å². The molecule has 0 aliphatic carbocycles. The van der Waals surface area contributed by atoms with Crippen LogP contribution in [0.25, 0.3) is 0 Å². The van der Waals surface area contributed by atoms with Gasteiger partial charge in [-0.3, -0.25) is 0 Å². The summed E-state index contributed by atoms with van der Waals surface area (Å²) in [6.07, 6.45) is 7.61. The Morgan fingerprint density at radius 2 is 0.810 bits per heavy atom. The molecule has 0 bridgehead atoms. The van der Waals surface area contributed by atoms with E-state index >= 15 is 0 Å². The molecular formula is C50H56S8. The van der Waals surface area contributed by atoms with Crippen molar-refractivity contribution in [3.05, 3.63) is 178 Å². The number of thiocarbonyl (C=S) groups is 4. The third-order valence-electron chi connectivity index (χ3n) is 9.85. The molecule has 0 saturated carbocycles. The molecule has 0 radical (unpaired) electrons. The molecule has 58 heavy (non-hydrogen) atoms. The van der Waals surface area contributed by atoms with Crippen LogP contribution in [0.2, 0.25) is 0 Å². The summed E-state index contributed by atoms with van der Waals surface area (Å²) in [6, 6.07) is 47.7. The fraction of sp³-hybridized carbons (Fsp3) is 0.320. The zero-order valence-corrected chi connectivity index (χ0v) is 40.7. The van der Waals surface area contributed by atoms with Gasteiger partial charge in [0, 0.05) is 31.4 Å². The first kappa shape index (κ1) is 48.5. The van der Waals surface area contributed by atoms with Crippen LogP contribution in [0.5, 0.6) is 0 Å². The molecule has 8 heteroatoms. The van der Waals surface area contributed by atoms with Crippen LogP contribution in [0.3, 0.4) is 0 Å². The number of unbranched alkanes of at least 4 members (excludes halogenated alkanes) is 2. The van der Waals surface area contributed by atoms with Crippen molar-refractivity contribution in [3.8, 4) is 0 Å². The Labute approximate surface area is 388 Å². The van der Waals surface area contributed by atoms with Gasteiger partial charge < -0.3 is 0 Å². The van der Waals surface area contributed by atoms with Gasteiger partial charge in [0.25, 0.3) is 0 Å². The van der Waals surface area contributed by atoms with E-state index in [9.17, 15) is 0 Å². The summed E-state index contributed by atoms with van der Waals surface area (Å²) in [5, 5.41) is 0. The lowest BCUT2D eigenvalue weighted by molar-refractivity contribution is 0.521. The highest BCUT2D eigenvalue weighted by Gasteiger charge is 2.11. The Kier molecular flexibility index (Phi) is 23.1. The van der Waals surface area contributed by atoms with E-state index in [1.54, 1.807) is 47.0 Å². The first-order chi connectivity index (χ1) is 28.1. The first-order valence-corrected chi connectivity index (χ1v) is 25.6. The van der Waals surface area contributed by atoms with Crippen LogP contribution in [0.4, 0.5) is 0 Å². The number of benzene rings is 5. The molecule has 5 aromatic carbocycles. The molecule has 0 amide bonds. The molecule has 0 fully saturated rings. The molecule has 0 saturated heterocycles. The minimum atomic E-state index is 0.597. The molecular weight excluding hydrogens is 857 g/mol. The van der Waals surface area contributed by atoms with E-state index in [1.807, 2.05) is 50.2 Å². The number of thioether (sulfide) groups is 4. The second-order valence-electron chi connectivity index (χ2n) is 14.4. The van der Waals surface area contributed by atoms with Gasteiger partial charge in [-0.1, -0.05) is 215 Å². The van der Waals surface area contributed by atoms with Crippen molar-refractivity contribution in [2.24, 2.45) is 0 Å². The largest absolute Gasteiger partial charge is 0.114 e. The van der Waals surface area contributed by atoms with E-state index in [0.29, 0.717) is 11.8 Å². The van der Waals surface area contributed by atoms with Gasteiger partial charge in [0.15, 0.2) is 0 Å². The van der Waals surface area contributed by atoms with Gasteiger partial charge >= 0.3 is 0 Å². The number of hydrogen-bond acceptors (Lipinski definition) is 8. The molecule has 0 N–H and O–H groups in total. The zero-order valence-electron chi connectivity index (χ0n) is 34.2. The third-order valence-corrected chi connectivity index (χ3v) is 15.5. The molecule has 2 unspecified atom stereocenters. The van der Waals surface area contributed by atoms with E-state index in [0.717, 1.165) is 50.9 Å². The Morgan fingerprint density at radius 1 is 0.448 bits per heavy atom. The summed E-state index contributed by atoms with van der Waals surface area (Å²) >= 11 is 28.2. The van der Waals surface area contributed by atoms with Crippen molar-refractivity contribution in [2.45, 2.75) is 101 Å². The monoisotopic (exact) mass is 912 g/mol. The Morgan fingerprint density at radius 3 is 1.21 bits per heavy atom. The summed E-state index contributed by atoms with van der Waals surface area (Å²) in [5.41, 5.74) is 10.5. The first-order valence-electron chi connectivity index (χ1n) is 20.1. The van der Waals surface area contributed by atoms with Crippen LogP contribution in [0.1, 0.15) is 123 Å². The molecule has 0 aromatic heterocycles. The standard InChI is InChI=1S/C38H42S4.C12H14S4/c1-3-32(34-25-21-31(22-26-34)28-42-38(40)36-17-11-6-12-18-36)14-8-4-7-13-29(2)33-23-19-30(20-24-33)27-41-37(39)35-15-9-5-10-16-35;1-9(13)15-7-11-3-5-12(6-4-11)8-16-10(2)14/h5-6,9-12,15-26,29,32H,3-4,7-8,13-14,27-28H2,1-2H3;3-6H,7-8H2,1-2H3. The van der Waals surface area contributed by atoms with Crippen LogP contribution in [-0.2, 0) is 23.0 Å². The van der Waals surface area contributed by atoms with Gasteiger partial charge in [-0.25, -0.2) is 0 Å². The smallest absolute Gasteiger partial charge is 0.0781 e. The highest BCUT2D eigenvalue weighted by Crippen LogP contribution is 2.29. The average molecular weight is 914 g/mol. The van der Waals surface area contributed by atoms with E-state index in [2.05, 4.69) is 111 Å². The SMILES string of the molecule is CC(=S)SCc1ccc(CSC(C)=S)cc1.CCC(CCCCCC(C)c1ccc(CSC(=S)c2ccccc2)cc1)c1ccc(CSC(=S)c2ccccc2)cc1. The quantitative estimate of drug-likeness (QED) is 0.0586. The summed E-state index contributed by atoms with van der Waals surface area (Å²) < 4.78 is 3.93. The minimum absolute atomic E-state index is 0.597. The number of hydrogen-bond donors (Lipinski definition) is 0. The van der Waals surface area contributed by atoms with Gasteiger partial charge in [0.05, 0.1) is 8.39 Å². The van der Waals surface area contributed by atoms with Crippen molar-refractivity contribution >= 4 is 113 Å². The fourth-order valence-corrected chi connectivity index (χ4v) is 10.0. The van der Waals surface area contributed by atoms with Crippen LogP contribution >= 0.6 is 95.9 Å². The van der Waals surface area contributed by atoms with Gasteiger partial charge in [-0.15, -0.1) is 47.0 Å². The molecule has 0 heterocycles. The predicted octanol–water partition coefficient (Wildman–Crippen LogP) is 17.0. The highest BCUT2D eigenvalue weighted by molar-refractivity contribution is 8.24. The lowest BCUT2D eigenvalue weighted by Crippen LogP contribution is -1.99. The van der Waals surface area contributed by atoms with Gasteiger partial charge in [0.2, 0.25) is 0 Å². The normalized spacial score (nSPS) is 11.9. The van der Waals surface area contributed by atoms with Gasteiger partial charge in [-0.2, -0.15) is 0 Å². The maximum absolute atomic E-state index is 5.61. The molecule has 0 aliphatic heterocycles. The van der Waals surface area contributed by atoms with E-state index in [1.165, 1.54) is 71.9 Å². The molecule has 0 spiro atoms. The summed E-state index contributed by atoms with van der Waals surface area (Å²) in [7, 11) is 0. The predicted molar refractivity (Wildman–Crippen MR) is 282 cm³/mol. The summed E-state index contributed by atoms with van der Waals surface area (Å²) in [5.74, 6) is 5.02. The van der Waals surface area contributed by atoms with Gasteiger partial charge in [0.1, 0.15) is 0 Å². The minimum Gasteiger partial charge on any atom is -0.114 e. The molecule has 0 nitrogen and oxygen atoms in total. The fourth-order valence-electron chi connectivity index (χ4n) is 6.33. The molecule has 0 aliphatic rings. The van der Waals surface area contributed by atoms with Gasteiger partial charge in [-0.05, 0) is 89.5 Å². The van der Waals surface area contributed by atoms with Crippen LogP contribution in [0.15, 0.2) is 133 Å². The van der Waals surface area contributed by atoms with Crippen LogP contribution in [0, 0.1) is 0 Å². The van der Waals surface area contributed by atoms with Crippen molar-refractivity contribution in [3.63, 3.8) is 0 Å². The van der Waals surface area contributed by atoms with E-state index in [4.69, 9.17) is 48.9 Å². The topological polar surface area (TPSA) is 0 Å². The molecule has 304 valence electrons. The Balaban J connectivity index is 0.000000390. The Hall–Kier alpha value is -2.14. The maximum atomic E-state index is 5.61. The Bertz CT molecular complexity index is 1940. The molecule has 2 atom stereocenters. The second kappa shape index (κ2) is 27.7. The van der Waals surface area contributed by atoms with Crippen molar-refractivity contribution in [2.75, 3.05) is 0 Å². The van der Waals surface area contributed by atoms with Crippen molar-refractivity contribution < 1.29 is 0 Å². The lowest BCUT2D eigenvalue weighted by Gasteiger charge is -2.17. The average Bonchev–Trinajstić information content (AvgIpc) is 3.26. The van der Waals surface area contributed by atoms with Crippen molar-refractivity contribution in [1.29, 1.82) is 0 Å². The summed E-state index contributed by atoms with van der Waals surface area (Å²) in [6.45, 7) is 8.63.